The summed E-state index contributed by atoms with van der Waals surface area (Å²) in [5.74, 6) is -0.177. The smallest absolute Gasteiger partial charge is 0.275 e. The summed E-state index contributed by atoms with van der Waals surface area (Å²) in [6.07, 6.45) is 2.72. The fourth-order valence-electron chi connectivity index (χ4n) is 3.97. The van der Waals surface area contributed by atoms with E-state index < -0.39 is 6.04 Å². The van der Waals surface area contributed by atoms with Crippen LogP contribution < -0.4 is 0 Å². The van der Waals surface area contributed by atoms with Crippen LogP contribution in [0.5, 0.6) is 0 Å². The number of aromatic nitrogens is 1. The fourth-order valence-corrected chi connectivity index (χ4v) is 3.97. The number of carbonyl (C=O) groups is 1. The van der Waals surface area contributed by atoms with Crippen LogP contribution in [0, 0.1) is 10.1 Å². The van der Waals surface area contributed by atoms with Gasteiger partial charge < -0.3 is 14.2 Å². The van der Waals surface area contributed by atoms with E-state index in [1.54, 1.807) is 23.1 Å². The lowest BCUT2D eigenvalue weighted by molar-refractivity contribution is -0.385. The molecule has 0 saturated heterocycles. The lowest BCUT2D eigenvalue weighted by Crippen LogP contribution is -2.38. The molecule has 0 bridgehead atoms. The minimum atomic E-state index is -0.531. The number of nitro benzene ring substituents is 1. The fraction of sp³-hybridized carbons (Fsp3) is 0.261. The van der Waals surface area contributed by atoms with Gasteiger partial charge in [-0.2, -0.15) is 0 Å². The molecule has 0 aliphatic carbocycles. The number of amides is 1. The Morgan fingerprint density at radius 3 is 2.60 bits per heavy atom. The first-order valence-corrected chi connectivity index (χ1v) is 9.94. The Labute approximate surface area is 174 Å². The van der Waals surface area contributed by atoms with E-state index in [0.29, 0.717) is 18.7 Å². The van der Waals surface area contributed by atoms with Crippen molar-refractivity contribution < 1.29 is 14.5 Å². The third kappa shape index (κ3) is 4.11. The zero-order valence-electron chi connectivity index (χ0n) is 16.5. The van der Waals surface area contributed by atoms with Crippen molar-refractivity contribution in [3.8, 4) is 0 Å². The molecule has 1 aromatic heterocycles. The largest absolute Gasteiger partial charge is 0.367 e. The maximum Gasteiger partial charge on any atom is 0.275 e. The first-order chi connectivity index (χ1) is 14.6. The van der Waals surface area contributed by atoms with Crippen LogP contribution in [0.4, 0.5) is 5.69 Å². The van der Waals surface area contributed by atoms with Crippen LogP contribution in [-0.2, 0) is 22.7 Å². The second-order valence-corrected chi connectivity index (χ2v) is 7.26. The number of nitrogens with zero attached hydrogens (tertiary/aromatic N) is 3. The monoisotopic (exact) mass is 405 g/mol. The molecular weight excluding hydrogens is 382 g/mol. The van der Waals surface area contributed by atoms with Gasteiger partial charge in [0.05, 0.1) is 17.1 Å². The van der Waals surface area contributed by atoms with E-state index in [2.05, 4.69) is 4.57 Å². The summed E-state index contributed by atoms with van der Waals surface area (Å²) < 4.78 is 7.74. The molecule has 1 aliphatic rings. The molecule has 2 aromatic carbocycles. The zero-order valence-corrected chi connectivity index (χ0v) is 16.5. The first kappa shape index (κ1) is 19.8. The minimum Gasteiger partial charge on any atom is -0.367 e. The molecule has 0 unspecified atom stereocenters. The van der Waals surface area contributed by atoms with Crippen molar-refractivity contribution in [3.05, 3.63) is 99.9 Å². The number of benzene rings is 2. The van der Waals surface area contributed by atoms with Crippen LogP contribution in [0.1, 0.15) is 29.3 Å². The van der Waals surface area contributed by atoms with Gasteiger partial charge in [0.2, 0.25) is 5.91 Å². The summed E-state index contributed by atoms with van der Waals surface area (Å²) in [5, 5.41) is 11.7. The Balaban J connectivity index is 1.62. The third-order valence-corrected chi connectivity index (χ3v) is 5.34. The van der Waals surface area contributed by atoms with E-state index in [-0.39, 0.29) is 23.1 Å². The van der Waals surface area contributed by atoms with Gasteiger partial charge in [-0.05, 0) is 30.2 Å². The number of hydrogen-bond acceptors (Lipinski definition) is 4. The van der Waals surface area contributed by atoms with E-state index in [1.165, 1.54) is 6.07 Å². The molecule has 3 aromatic rings. The molecule has 154 valence electrons. The van der Waals surface area contributed by atoms with Gasteiger partial charge in [-0.3, -0.25) is 14.9 Å². The number of carbonyl (C=O) groups excluding carboxylic acids is 1. The van der Waals surface area contributed by atoms with Gasteiger partial charge in [-0.1, -0.05) is 42.5 Å². The van der Waals surface area contributed by atoms with Gasteiger partial charge >= 0.3 is 0 Å². The van der Waals surface area contributed by atoms with Gasteiger partial charge in [0.15, 0.2) is 0 Å². The van der Waals surface area contributed by atoms with Gasteiger partial charge in [-0.15, -0.1) is 0 Å². The first-order valence-electron chi connectivity index (χ1n) is 9.94. The number of fused-ring (bicyclic) bond motifs is 1. The van der Waals surface area contributed by atoms with Crippen LogP contribution in [0.25, 0.3) is 0 Å². The predicted octanol–water partition coefficient (Wildman–Crippen LogP) is 3.93. The molecule has 1 amide bonds. The highest BCUT2D eigenvalue weighted by molar-refractivity contribution is 5.78. The summed E-state index contributed by atoms with van der Waals surface area (Å²) in [4.78, 5) is 26.2. The van der Waals surface area contributed by atoms with Gasteiger partial charge in [0, 0.05) is 31.0 Å². The number of ether oxygens (including phenoxy) is 1. The van der Waals surface area contributed by atoms with Crippen molar-refractivity contribution in [3.63, 3.8) is 0 Å². The molecule has 30 heavy (non-hydrogen) atoms. The van der Waals surface area contributed by atoms with Crippen molar-refractivity contribution in [1.29, 1.82) is 0 Å². The molecule has 0 spiro atoms. The summed E-state index contributed by atoms with van der Waals surface area (Å²) in [6.45, 7) is 1.53. The van der Waals surface area contributed by atoms with E-state index >= 15 is 0 Å². The van der Waals surface area contributed by atoms with E-state index in [9.17, 15) is 14.9 Å². The Morgan fingerprint density at radius 1 is 1.03 bits per heavy atom. The Hall–Kier alpha value is -3.45. The second kappa shape index (κ2) is 8.92. The summed E-state index contributed by atoms with van der Waals surface area (Å²) in [6, 6.07) is 19.6. The highest BCUT2D eigenvalue weighted by Crippen LogP contribution is 2.36. The average molecular weight is 405 g/mol. The number of para-hydroxylation sites is 1. The molecule has 0 N–H and O–H groups in total. The molecule has 7 nitrogen and oxygen atoms in total. The molecule has 1 aliphatic heterocycles. The zero-order chi connectivity index (χ0) is 20.9. The summed E-state index contributed by atoms with van der Waals surface area (Å²) in [7, 11) is 0. The maximum absolute atomic E-state index is 13.2. The number of nitro groups is 1. The summed E-state index contributed by atoms with van der Waals surface area (Å²) >= 11 is 0. The standard InChI is InChI=1S/C23H23N3O4/c27-22(17-30-16-18-8-2-1-3-9-18)25-15-7-14-24-13-6-12-21(24)23(25)19-10-4-5-11-20(19)26(28)29/h1-6,8-13,23H,7,14-17H2/t23-/m1/s1. The molecule has 1 atom stereocenters. The molecule has 4 rings (SSSR count). The molecular formula is C23H23N3O4. The Morgan fingerprint density at radius 2 is 1.80 bits per heavy atom. The quantitative estimate of drug-likeness (QED) is 0.460. The van der Waals surface area contributed by atoms with Crippen LogP contribution in [0.3, 0.4) is 0 Å². The molecule has 2 heterocycles. The van der Waals surface area contributed by atoms with Gasteiger partial charge in [-0.25, -0.2) is 0 Å². The maximum atomic E-state index is 13.2. The Bertz CT molecular complexity index is 1030. The van der Waals surface area contributed by atoms with E-state index in [1.807, 2.05) is 48.7 Å². The minimum absolute atomic E-state index is 0.0140. The van der Waals surface area contributed by atoms with Crippen molar-refractivity contribution in [2.75, 3.05) is 13.2 Å². The van der Waals surface area contributed by atoms with Crippen molar-refractivity contribution in [2.45, 2.75) is 25.6 Å². The van der Waals surface area contributed by atoms with Crippen molar-refractivity contribution in [1.82, 2.24) is 9.47 Å². The average Bonchev–Trinajstić information content (AvgIpc) is 3.14. The molecule has 0 radical (unpaired) electrons. The highest BCUT2D eigenvalue weighted by atomic mass is 16.6. The SMILES string of the molecule is O=C(COCc1ccccc1)N1CCCn2cccc2[C@H]1c1ccccc1[N+](=O)[O-]. The lowest BCUT2D eigenvalue weighted by atomic mass is 10.00. The molecule has 7 heteroatoms. The molecule has 0 saturated carbocycles. The van der Waals surface area contributed by atoms with Crippen molar-refractivity contribution >= 4 is 11.6 Å². The topological polar surface area (TPSA) is 77.6 Å². The second-order valence-electron chi connectivity index (χ2n) is 7.26. The van der Waals surface area contributed by atoms with E-state index in [0.717, 1.165) is 24.2 Å². The van der Waals surface area contributed by atoms with Crippen LogP contribution in [0.15, 0.2) is 72.9 Å². The Kier molecular flexibility index (Phi) is 5.90. The number of aryl methyl sites for hydroxylation is 1. The lowest BCUT2D eigenvalue weighted by Gasteiger charge is -2.30. The molecule has 0 fully saturated rings. The van der Waals surface area contributed by atoms with Gasteiger partial charge in [0.1, 0.15) is 12.6 Å². The van der Waals surface area contributed by atoms with Crippen LogP contribution in [0.2, 0.25) is 0 Å². The number of rotatable bonds is 6. The highest BCUT2D eigenvalue weighted by Gasteiger charge is 2.34. The normalized spacial score (nSPS) is 16.0. The number of hydrogen-bond donors (Lipinski definition) is 0. The van der Waals surface area contributed by atoms with Crippen molar-refractivity contribution in [2.24, 2.45) is 0 Å². The third-order valence-electron chi connectivity index (χ3n) is 5.34. The summed E-state index contributed by atoms with van der Waals surface area (Å²) in [5.41, 5.74) is 2.39. The predicted molar refractivity (Wildman–Crippen MR) is 112 cm³/mol. The van der Waals surface area contributed by atoms with Crippen LogP contribution >= 0.6 is 0 Å². The van der Waals surface area contributed by atoms with Gasteiger partial charge in [0.25, 0.3) is 5.69 Å². The van der Waals surface area contributed by atoms with Crippen LogP contribution in [-0.4, -0.2) is 33.4 Å². The van der Waals surface area contributed by atoms with E-state index in [4.69, 9.17) is 4.74 Å².